The van der Waals surface area contributed by atoms with Gasteiger partial charge < -0.3 is 9.88 Å². The summed E-state index contributed by atoms with van der Waals surface area (Å²) < 4.78 is 4.35. The molecule has 1 aromatic heterocycles. The van der Waals surface area contributed by atoms with Crippen molar-refractivity contribution in [3.05, 3.63) is 113 Å². The summed E-state index contributed by atoms with van der Waals surface area (Å²) in [5.74, 6) is -0.0925. The molecule has 5 nitrogen and oxygen atoms in total. The summed E-state index contributed by atoms with van der Waals surface area (Å²) in [6.45, 7) is 6.13. The molecular formula is C31H31ClN4O. The highest BCUT2D eigenvalue weighted by atomic mass is 35.5. The van der Waals surface area contributed by atoms with Crippen molar-refractivity contribution in [3.8, 4) is 16.8 Å². The fraction of sp³-hybridized carbons (Fsp3) is 0.161. The first-order chi connectivity index (χ1) is 18.1. The Morgan fingerprint density at radius 2 is 1.46 bits per heavy atom. The van der Waals surface area contributed by atoms with Crippen molar-refractivity contribution >= 4 is 34.2 Å². The van der Waals surface area contributed by atoms with Gasteiger partial charge in [-0.2, -0.15) is 0 Å². The predicted molar refractivity (Wildman–Crippen MR) is 154 cm³/mol. The molecule has 5 aromatic rings. The number of fused-ring (bicyclic) bond motifs is 1. The van der Waals surface area contributed by atoms with Gasteiger partial charge in [0.25, 0.3) is 0 Å². The molecule has 0 spiro atoms. The molecule has 37 heavy (non-hydrogen) atoms. The van der Waals surface area contributed by atoms with Gasteiger partial charge in [0, 0.05) is 35.9 Å². The molecule has 1 N–H and O–H groups in total. The zero-order valence-electron chi connectivity index (χ0n) is 21.6. The van der Waals surface area contributed by atoms with Crippen LogP contribution in [-0.2, 0) is 11.3 Å². The van der Waals surface area contributed by atoms with E-state index in [2.05, 4.69) is 55.8 Å². The number of imidazole rings is 1. The van der Waals surface area contributed by atoms with Gasteiger partial charge in [0.15, 0.2) is 0 Å². The van der Waals surface area contributed by atoms with Crippen molar-refractivity contribution < 1.29 is 4.79 Å². The van der Waals surface area contributed by atoms with Crippen LogP contribution in [0.4, 0.5) is 5.69 Å². The number of benzene rings is 4. The van der Waals surface area contributed by atoms with Gasteiger partial charge in [-0.05, 0) is 47.5 Å². The van der Waals surface area contributed by atoms with E-state index in [1.165, 1.54) is 6.92 Å². The lowest BCUT2D eigenvalue weighted by Crippen LogP contribution is -2.25. The summed E-state index contributed by atoms with van der Waals surface area (Å²) in [6.07, 6.45) is 0. The van der Waals surface area contributed by atoms with Gasteiger partial charge in [-0.3, -0.25) is 14.4 Å². The van der Waals surface area contributed by atoms with Gasteiger partial charge in [-0.15, -0.1) is 0 Å². The third-order valence-corrected chi connectivity index (χ3v) is 6.38. The maximum absolute atomic E-state index is 11.6. The molecule has 0 unspecified atom stereocenters. The van der Waals surface area contributed by atoms with Gasteiger partial charge in [0.05, 0.1) is 17.6 Å². The Balaban J connectivity index is 0.00000156. The van der Waals surface area contributed by atoms with E-state index in [0.29, 0.717) is 6.54 Å². The number of nitrogens with one attached hydrogen (secondary N) is 1. The minimum atomic E-state index is -0.0925. The molecule has 0 saturated heterocycles. The normalized spacial score (nSPS) is 11.2. The number of halogens is 1. The van der Waals surface area contributed by atoms with Crippen molar-refractivity contribution in [1.29, 1.82) is 0 Å². The molecule has 0 aliphatic carbocycles. The van der Waals surface area contributed by atoms with E-state index in [4.69, 9.17) is 11.6 Å². The zero-order valence-corrected chi connectivity index (χ0v) is 22.3. The van der Waals surface area contributed by atoms with Crippen LogP contribution in [0.1, 0.15) is 26.3 Å². The van der Waals surface area contributed by atoms with E-state index in [9.17, 15) is 4.79 Å². The van der Waals surface area contributed by atoms with Gasteiger partial charge in [-0.25, -0.2) is 0 Å². The lowest BCUT2D eigenvalue weighted by atomic mass is 10.0. The molecule has 0 atom stereocenters. The third kappa shape index (κ3) is 5.37. The average molecular weight is 511 g/mol. The number of aromatic nitrogens is 2. The number of para-hydroxylation sites is 3. The van der Waals surface area contributed by atoms with Crippen LogP contribution in [-0.4, -0.2) is 22.1 Å². The summed E-state index contributed by atoms with van der Waals surface area (Å²) in [6, 6.07) is 32.3. The topological polar surface area (TPSA) is 51.3 Å². The van der Waals surface area contributed by atoms with E-state index >= 15 is 0 Å². The molecule has 1 amide bonds. The molecule has 5 rings (SSSR count). The Bertz CT molecular complexity index is 1600. The Labute approximate surface area is 222 Å². The molecule has 188 valence electrons. The summed E-state index contributed by atoms with van der Waals surface area (Å²) in [5.41, 5.74) is 7.80. The number of anilines is 1. The SMILES string of the molecule is CC.CN=c1n(Cc2ccccc2Cl)c2ccccc2n1-c1ccc(-c2ccccc2NC(C)=O)cc1. The lowest BCUT2D eigenvalue weighted by Gasteiger charge is -2.11. The molecule has 0 saturated carbocycles. The third-order valence-electron chi connectivity index (χ3n) is 6.02. The first kappa shape index (κ1) is 26.0. The van der Waals surface area contributed by atoms with Crippen molar-refractivity contribution in [2.75, 3.05) is 12.4 Å². The fourth-order valence-electron chi connectivity index (χ4n) is 4.47. The minimum absolute atomic E-state index is 0.0925. The number of hydrogen-bond donors (Lipinski definition) is 1. The zero-order chi connectivity index (χ0) is 26.4. The second kappa shape index (κ2) is 11.8. The Morgan fingerprint density at radius 1 is 0.838 bits per heavy atom. The van der Waals surface area contributed by atoms with Crippen molar-refractivity contribution in [2.45, 2.75) is 27.3 Å². The Morgan fingerprint density at radius 3 is 2.14 bits per heavy atom. The molecule has 4 aromatic carbocycles. The second-order valence-electron chi connectivity index (χ2n) is 8.30. The minimum Gasteiger partial charge on any atom is -0.326 e. The summed E-state index contributed by atoms with van der Waals surface area (Å²) in [4.78, 5) is 16.3. The smallest absolute Gasteiger partial charge is 0.221 e. The molecule has 0 aliphatic rings. The molecule has 0 radical (unpaired) electrons. The Hall–Kier alpha value is -4.09. The highest BCUT2D eigenvalue weighted by Gasteiger charge is 2.15. The standard InChI is InChI=1S/C29H25ClN4O.C2H6/c1-20(35)32-26-12-6-4-10-24(26)21-15-17-23(18-16-21)34-28-14-8-7-13-27(28)33(29(34)31-2)19-22-9-3-5-11-25(22)30;1-2/h3-18H,19H2,1-2H3,(H,32,35);1-2H3. The number of nitrogens with zero attached hydrogens (tertiary/aromatic N) is 3. The molecular weight excluding hydrogens is 480 g/mol. The number of rotatable bonds is 5. The molecule has 1 heterocycles. The second-order valence-corrected chi connectivity index (χ2v) is 8.71. The van der Waals surface area contributed by atoms with Crippen LogP contribution >= 0.6 is 11.6 Å². The summed E-state index contributed by atoms with van der Waals surface area (Å²) in [7, 11) is 1.81. The van der Waals surface area contributed by atoms with Crippen LogP contribution in [0.15, 0.2) is 102 Å². The quantitative estimate of drug-likeness (QED) is 0.264. The van der Waals surface area contributed by atoms with E-state index in [0.717, 1.165) is 49.7 Å². The van der Waals surface area contributed by atoms with Crippen LogP contribution in [0.25, 0.3) is 27.8 Å². The maximum atomic E-state index is 11.6. The largest absolute Gasteiger partial charge is 0.326 e. The van der Waals surface area contributed by atoms with Crippen LogP contribution in [0.5, 0.6) is 0 Å². The lowest BCUT2D eigenvalue weighted by molar-refractivity contribution is -0.114. The van der Waals surface area contributed by atoms with Crippen molar-refractivity contribution in [2.24, 2.45) is 4.99 Å². The molecule has 6 heteroatoms. The first-order valence-electron chi connectivity index (χ1n) is 12.4. The molecule has 0 fully saturated rings. The average Bonchev–Trinajstić information content (AvgIpc) is 3.24. The first-order valence-corrected chi connectivity index (χ1v) is 12.8. The highest BCUT2D eigenvalue weighted by Crippen LogP contribution is 2.29. The van der Waals surface area contributed by atoms with Crippen molar-refractivity contribution in [3.63, 3.8) is 0 Å². The van der Waals surface area contributed by atoms with E-state index in [1.54, 1.807) is 0 Å². The van der Waals surface area contributed by atoms with Gasteiger partial charge in [0.1, 0.15) is 0 Å². The van der Waals surface area contributed by atoms with Crippen LogP contribution in [0.2, 0.25) is 5.02 Å². The van der Waals surface area contributed by atoms with Crippen LogP contribution in [0.3, 0.4) is 0 Å². The summed E-state index contributed by atoms with van der Waals surface area (Å²) >= 11 is 6.49. The predicted octanol–water partition coefficient (Wildman–Crippen LogP) is 7.32. The monoisotopic (exact) mass is 510 g/mol. The molecule has 0 bridgehead atoms. The van der Waals surface area contributed by atoms with E-state index in [1.807, 2.05) is 81.6 Å². The number of carbonyl (C=O) groups excluding carboxylic acids is 1. The fourth-order valence-corrected chi connectivity index (χ4v) is 4.66. The summed E-state index contributed by atoms with van der Waals surface area (Å²) in [5, 5.41) is 3.66. The highest BCUT2D eigenvalue weighted by molar-refractivity contribution is 6.31. The van der Waals surface area contributed by atoms with Crippen molar-refractivity contribution in [1.82, 2.24) is 9.13 Å². The van der Waals surface area contributed by atoms with E-state index < -0.39 is 0 Å². The maximum Gasteiger partial charge on any atom is 0.221 e. The number of carbonyl (C=O) groups is 1. The number of amides is 1. The van der Waals surface area contributed by atoms with Gasteiger partial charge in [-0.1, -0.05) is 86.1 Å². The molecule has 0 aliphatic heterocycles. The number of hydrogen-bond acceptors (Lipinski definition) is 2. The van der Waals surface area contributed by atoms with Gasteiger partial charge in [0.2, 0.25) is 11.5 Å². The van der Waals surface area contributed by atoms with Crippen LogP contribution < -0.4 is 10.9 Å². The van der Waals surface area contributed by atoms with Crippen LogP contribution in [0, 0.1) is 0 Å². The van der Waals surface area contributed by atoms with E-state index in [-0.39, 0.29) is 5.91 Å². The van der Waals surface area contributed by atoms with Gasteiger partial charge >= 0.3 is 0 Å². The Kier molecular flexibility index (Phi) is 8.26.